The zero-order chi connectivity index (χ0) is 19.1. The highest BCUT2D eigenvalue weighted by Crippen LogP contribution is 2.20. The third-order valence-electron chi connectivity index (χ3n) is 4.87. The molecule has 0 atom stereocenters. The molecule has 3 rings (SSSR count). The first kappa shape index (κ1) is 19.2. The van der Waals surface area contributed by atoms with E-state index in [4.69, 9.17) is 4.74 Å². The van der Waals surface area contributed by atoms with Crippen LogP contribution in [0, 0.1) is 12.7 Å². The summed E-state index contributed by atoms with van der Waals surface area (Å²) in [6.07, 6.45) is 2.21. The Bertz CT molecular complexity index is 757. The van der Waals surface area contributed by atoms with Crippen molar-refractivity contribution >= 4 is 11.6 Å². The largest absolute Gasteiger partial charge is 0.494 e. The summed E-state index contributed by atoms with van der Waals surface area (Å²) in [7, 11) is 0. The van der Waals surface area contributed by atoms with Gasteiger partial charge < -0.3 is 14.5 Å². The molecule has 27 heavy (non-hydrogen) atoms. The van der Waals surface area contributed by atoms with Crippen LogP contribution in [0.25, 0.3) is 0 Å². The van der Waals surface area contributed by atoms with E-state index in [1.165, 1.54) is 11.6 Å². The van der Waals surface area contributed by atoms with Gasteiger partial charge in [0.15, 0.2) is 0 Å². The predicted octanol–water partition coefficient (Wildman–Crippen LogP) is 4.03. The van der Waals surface area contributed by atoms with E-state index in [0.29, 0.717) is 44.9 Å². The summed E-state index contributed by atoms with van der Waals surface area (Å²) in [6, 6.07) is 14.8. The molecule has 0 radical (unpaired) electrons. The molecule has 1 saturated heterocycles. The van der Waals surface area contributed by atoms with Gasteiger partial charge in [0.1, 0.15) is 11.6 Å². The number of anilines is 1. The molecule has 2 aromatic rings. The molecule has 5 heteroatoms. The fourth-order valence-corrected chi connectivity index (χ4v) is 3.34. The summed E-state index contributed by atoms with van der Waals surface area (Å²) < 4.78 is 19.6. The number of nitrogens with zero attached hydrogens (tertiary/aromatic N) is 2. The molecule has 0 aliphatic carbocycles. The van der Waals surface area contributed by atoms with Gasteiger partial charge in [-0.05, 0) is 49.6 Å². The molecule has 1 aliphatic heterocycles. The first-order valence-electron chi connectivity index (χ1n) is 9.60. The lowest BCUT2D eigenvalue weighted by molar-refractivity contribution is -0.131. The molecular formula is C22H27FN2O2. The van der Waals surface area contributed by atoms with Crippen molar-refractivity contribution in [2.45, 2.75) is 26.2 Å². The number of amides is 1. The van der Waals surface area contributed by atoms with Gasteiger partial charge in [0, 0.05) is 32.6 Å². The van der Waals surface area contributed by atoms with E-state index < -0.39 is 0 Å². The standard InChI is InChI=1S/C22H27FN2O2/c1-18-7-6-8-19(17-18)27-16-5-4-11-22(26)25-14-12-24(13-15-25)21-10-3-2-9-20(21)23/h2-3,6-10,17H,4-5,11-16H2,1H3. The third kappa shape index (κ3) is 5.46. The number of hydrogen-bond acceptors (Lipinski definition) is 3. The molecule has 1 aliphatic rings. The summed E-state index contributed by atoms with van der Waals surface area (Å²) in [5.41, 5.74) is 1.80. The number of carbonyl (C=O) groups excluding carboxylic acids is 1. The van der Waals surface area contributed by atoms with Gasteiger partial charge in [-0.2, -0.15) is 0 Å². The van der Waals surface area contributed by atoms with Crippen molar-refractivity contribution in [2.24, 2.45) is 0 Å². The summed E-state index contributed by atoms with van der Waals surface area (Å²) in [6.45, 7) is 5.29. The Morgan fingerprint density at radius 3 is 2.56 bits per heavy atom. The lowest BCUT2D eigenvalue weighted by atomic mass is 10.2. The Balaban J connectivity index is 1.34. The SMILES string of the molecule is Cc1cccc(OCCCCC(=O)N2CCN(c3ccccc3F)CC2)c1. The topological polar surface area (TPSA) is 32.8 Å². The minimum absolute atomic E-state index is 0.179. The minimum atomic E-state index is -0.203. The highest BCUT2D eigenvalue weighted by atomic mass is 19.1. The first-order chi connectivity index (χ1) is 13.1. The van der Waals surface area contributed by atoms with E-state index in [0.717, 1.165) is 18.6 Å². The molecule has 1 amide bonds. The van der Waals surface area contributed by atoms with E-state index in [9.17, 15) is 9.18 Å². The third-order valence-corrected chi connectivity index (χ3v) is 4.87. The second-order valence-electron chi connectivity index (χ2n) is 6.94. The van der Waals surface area contributed by atoms with Crippen LogP contribution in [0.15, 0.2) is 48.5 Å². The number of piperazine rings is 1. The van der Waals surface area contributed by atoms with Crippen LogP contribution in [0.3, 0.4) is 0 Å². The smallest absolute Gasteiger partial charge is 0.222 e. The molecule has 4 nitrogen and oxygen atoms in total. The normalized spacial score (nSPS) is 14.3. The van der Waals surface area contributed by atoms with E-state index in [1.807, 2.05) is 47.1 Å². The Labute approximate surface area is 160 Å². The molecule has 0 bridgehead atoms. The van der Waals surface area contributed by atoms with Crippen molar-refractivity contribution < 1.29 is 13.9 Å². The summed E-state index contributed by atoms with van der Waals surface area (Å²) >= 11 is 0. The van der Waals surface area contributed by atoms with Crippen LogP contribution in [0.5, 0.6) is 5.75 Å². The maximum atomic E-state index is 13.9. The predicted molar refractivity (Wildman–Crippen MR) is 106 cm³/mol. The highest BCUT2D eigenvalue weighted by molar-refractivity contribution is 5.76. The number of para-hydroxylation sites is 1. The molecule has 1 fully saturated rings. The van der Waals surface area contributed by atoms with Crippen molar-refractivity contribution in [1.29, 1.82) is 0 Å². The molecular weight excluding hydrogens is 343 g/mol. The second-order valence-corrected chi connectivity index (χ2v) is 6.94. The van der Waals surface area contributed by atoms with Gasteiger partial charge in [-0.25, -0.2) is 4.39 Å². The molecule has 0 spiro atoms. The van der Waals surface area contributed by atoms with Crippen LogP contribution in [0.2, 0.25) is 0 Å². The fourth-order valence-electron chi connectivity index (χ4n) is 3.34. The molecule has 2 aromatic carbocycles. The number of unbranched alkanes of at least 4 members (excludes halogenated alkanes) is 1. The highest BCUT2D eigenvalue weighted by Gasteiger charge is 2.22. The van der Waals surface area contributed by atoms with Gasteiger partial charge in [-0.15, -0.1) is 0 Å². The molecule has 0 aromatic heterocycles. The van der Waals surface area contributed by atoms with Crippen molar-refractivity contribution in [3.63, 3.8) is 0 Å². The number of ether oxygens (including phenoxy) is 1. The van der Waals surface area contributed by atoms with Crippen molar-refractivity contribution in [3.8, 4) is 5.75 Å². The Morgan fingerprint density at radius 1 is 1.04 bits per heavy atom. The van der Waals surface area contributed by atoms with E-state index >= 15 is 0 Å². The maximum Gasteiger partial charge on any atom is 0.222 e. The van der Waals surface area contributed by atoms with Gasteiger partial charge in [-0.1, -0.05) is 24.3 Å². The number of aryl methyl sites for hydroxylation is 1. The quantitative estimate of drug-likeness (QED) is 0.690. The minimum Gasteiger partial charge on any atom is -0.494 e. The Hall–Kier alpha value is -2.56. The molecule has 0 saturated carbocycles. The lowest BCUT2D eigenvalue weighted by Gasteiger charge is -2.36. The molecule has 0 unspecified atom stereocenters. The van der Waals surface area contributed by atoms with Crippen molar-refractivity contribution in [2.75, 3.05) is 37.7 Å². The van der Waals surface area contributed by atoms with Crippen LogP contribution in [-0.2, 0) is 4.79 Å². The number of carbonyl (C=O) groups is 1. The Morgan fingerprint density at radius 2 is 1.81 bits per heavy atom. The average molecular weight is 370 g/mol. The maximum absolute atomic E-state index is 13.9. The van der Waals surface area contributed by atoms with Crippen LogP contribution >= 0.6 is 0 Å². The van der Waals surface area contributed by atoms with E-state index in [2.05, 4.69) is 0 Å². The van der Waals surface area contributed by atoms with Gasteiger partial charge >= 0.3 is 0 Å². The number of halogens is 1. The van der Waals surface area contributed by atoms with Crippen LogP contribution in [0.1, 0.15) is 24.8 Å². The monoisotopic (exact) mass is 370 g/mol. The number of benzene rings is 2. The average Bonchev–Trinajstić information content (AvgIpc) is 2.68. The summed E-state index contributed by atoms with van der Waals surface area (Å²) in [4.78, 5) is 16.3. The van der Waals surface area contributed by atoms with Crippen LogP contribution in [-0.4, -0.2) is 43.6 Å². The van der Waals surface area contributed by atoms with Gasteiger partial charge in [0.25, 0.3) is 0 Å². The second kappa shape index (κ2) is 9.40. The van der Waals surface area contributed by atoms with E-state index in [1.54, 1.807) is 12.1 Å². The Kier molecular flexibility index (Phi) is 6.69. The number of rotatable bonds is 7. The van der Waals surface area contributed by atoms with E-state index in [-0.39, 0.29) is 11.7 Å². The van der Waals surface area contributed by atoms with Crippen molar-refractivity contribution in [3.05, 3.63) is 59.9 Å². The molecule has 0 N–H and O–H groups in total. The van der Waals surface area contributed by atoms with Gasteiger partial charge in [0.2, 0.25) is 5.91 Å². The summed E-state index contributed by atoms with van der Waals surface area (Å²) in [5, 5.41) is 0. The zero-order valence-corrected chi connectivity index (χ0v) is 15.9. The lowest BCUT2D eigenvalue weighted by Crippen LogP contribution is -2.49. The van der Waals surface area contributed by atoms with Crippen LogP contribution < -0.4 is 9.64 Å². The van der Waals surface area contributed by atoms with Gasteiger partial charge in [0.05, 0.1) is 12.3 Å². The first-order valence-corrected chi connectivity index (χ1v) is 9.60. The molecule has 144 valence electrons. The van der Waals surface area contributed by atoms with Gasteiger partial charge in [-0.3, -0.25) is 4.79 Å². The zero-order valence-electron chi connectivity index (χ0n) is 15.9. The molecule has 1 heterocycles. The summed E-state index contributed by atoms with van der Waals surface area (Å²) in [5.74, 6) is 0.857. The van der Waals surface area contributed by atoms with Crippen molar-refractivity contribution in [1.82, 2.24) is 4.90 Å². The fraction of sp³-hybridized carbons (Fsp3) is 0.409. The van der Waals surface area contributed by atoms with Crippen LogP contribution in [0.4, 0.5) is 10.1 Å². The number of hydrogen-bond donors (Lipinski definition) is 0.